The van der Waals surface area contributed by atoms with Crippen molar-refractivity contribution >= 4 is 18.0 Å². The highest BCUT2D eigenvalue weighted by atomic mass is 19.1. The van der Waals surface area contributed by atoms with Crippen LogP contribution in [0.5, 0.6) is 0 Å². The van der Waals surface area contributed by atoms with E-state index in [1.807, 2.05) is 0 Å². The van der Waals surface area contributed by atoms with Crippen LogP contribution in [-0.2, 0) is 9.59 Å². The number of amides is 2. The minimum atomic E-state index is -0.722. The van der Waals surface area contributed by atoms with Gasteiger partial charge in [0.15, 0.2) is 0 Å². The molecule has 5 nitrogen and oxygen atoms in total. The third-order valence-electron chi connectivity index (χ3n) is 5.32. The molecule has 3 aliphatic carbocycles. The first-order valence-electron chi connectivity index (χ1n) is 8.19. The van der Waals surface area contributed by atoms with Gasteiger partial charge in [-0.05, 0) is 43.2 Å². The van der Waals surface area contributed by atoms with E-state index in [1.54, 1.807) is 19.0 Å². The molecule has 1 unspecified atom stereocenters. The number of benzene rings is 1. The van der Waals surface area contributed by atoms with Crippen molar-refractivity contribution in [2.75, 3.05) is 14.1 Å². The maximum Gasteiger partial charge on any atom is 0.228 e. The largest absolute Gasteiger partial charge is 0.348 e. The molecule has 2 amide bonds. The number of nitrogens with one attached hydrogen (secondary N) is 2. The van der Waals surface area contributed by atoms with E-state index in [0.29, 0.717) is 24.8 Å². The molecule has 1 atom stereocenters. The van der Waals surface area contributed by atoms with Gasteiger partial charge in [0.05, 0.1) is 16.9 Å². The average Bonchev–Trinajstić information content (AvgIpc) is 2.42. The lowest BCUT2D eigenvalue weighted by Gasteiger charge is -2.68. The third-order valence-corrected chi connectivity index (χ3v) is 5.32. The first-order valence-corrected chi connectivity index (χ1v) is 8.19. The second-order valence-corrected chi connectivity index (χ2v) is 7.46. The molecule has 0 aromatic heterocycles. The molecule has 1 aromatic carbocycles. The highest BCUT2D eigenvalue weighted by Gasteiger charge is 2.75. The Morgan fingerprint density at radius 2 is 1.76 bits per heavy atom. The Morgan fingerprint density at radius 3 is 2.24 bits per heavy atom. The van der Waals surface area contributed by atoms with Crippen molar-refractivity contribution in [2.45, 2.75) is 31.7 Å². The number of halogens is 2. The summed E-state index contributed by atoms with van der Waals surface area (Å²) in [4.78, 5) is 26.4. The van der Waals surface area contributed by atoms with Crippen LogP contribution in [0.3, 0.4) is 0 Å². The molecule has 2 bridgehead atoms. The lowest BCUT2D eigenvalue weighted by atomic mass is 9.34. The Kier molecular flexibility index (Phi) is 4.13. The smallest absolute Gasteiger partial charge is 0.228 e. The standard InChI is InChI=1S/C18H21F2N3O2/c1-23(2)16(25)18-8-17(9-18,10-18)15(24)22-14(3-4-21)11-5-12(19)7-13(20)6-11/h4-7,14,21H,3,8-10H2,1-2H3,(H,22,24). The molecule has 4 rings (SSSR count). The molecule has 25 heavy (non-hydrogen) atoms. The Morgan fingerprint density at radius 1 is 1.20 bits per heavy atom. The van der Waals surface area contributed by atoms with Gasteiger partial charge in [0.2, 0.25) is 11.8 Å². The first kappa shape index (κ1) is 17.5. The van der Waals surface area contributed by atoms with Crippen LogP contribution in [0, 0.1) is 27.9 Å². The summed E-state index contributed by atoms with van der Waals surface area (Å²) in [5, 5.41) is 10.1. The SMILES string of the molecule is CN(C)C(=O)C12CC(C(=O)NC(CC=N)c3cc(F)cc(F)c3)(C1)C2. The van der Waals surface area contributed by atoms with Crippen LogP contribution >= 0.6 is 0 Å². The number of nitrogens with zero attached hydrogens (tertiary/aromatic N) is 1. The molecule has 2 N–H and O–H groups in total. The summed E-state index contributed by atoms with van der Waals surface area (Å²) in [6.07, 6.45) is 2.78. The van der Waals surface area contributed by atoms with E-state index >= 15 is 0 Å². The molecule has 0 radical (unpaired) electrons. The number of hydrogen-bond donors (Lipinski definition) is 2. The summed E-state index contributed by atoms with van der Waals surface area (Å²) in [7, 11) is 3.40. The van der Waals surface area contributed by atoms with Gasteiger partial charge >= 0.3 is 0 Å². The van der Waals surface area contributed by atoms with Crippen LogP contribution < -0.4 is 5.32 Å². The lowest BCUT2D eigenvalue weighted by molar-refractivity contribution is -0.214. The van der Waals surface area contributed by atoms with E-state index in [-0.39, 0.29) is 18.2 Å². The van der Waals surface area contributed by atoms with Crippen molar-refractivity contribution < 1.29 is 18.4 Å². The molecule has 3 aliphatic rings. The van der Waals surface area contributed by atoms with Gasteiger partial charge < -0.3 is 15.6 Å². The first-order chi connectivity index (χ1) is 11.7. The molecular weight excluding hydrogens is 328 g/mol. The fourth-order valence-corrected chi connectivity index (χ4v) is 4.21. The van der Waals surface area contributed by atoms with Crippen LogP contribution in [0.4, 0.5) is 8.78 Å². The molecule has 0 heterocycles. The van der Waals surface area contributed by atoms with Gasteiger partial charge in [-0.3, -0.25) is 9.59 Å². The van der Waals surface area contributed by atoms with Crippen LogP contribution in [0.2, 0.25) is 0 Å². The summed E-state index contributed by atoms with van der Waals surface area (Å²) < 4.78 is 26.9. The normalized spacial score (nSPS) is 27.5. The van der Waals surface area contributed by atoms with Crippen molar-refractivity contribution in [3.63, 3.8) is 0 Å². The van der Waals surface area contributed by atoms with Crippen LogP contribution in [-0.4, -0.2) is 37.0 Å². The topological polar surface area (TPSA) is 73.3 Å². The second-order valence-electron chi connectivity index (χ2n) is 7.46. The van der Waals surface area contributed by atoms with Crippen molar-refractivity contribution in [1.82, 2.24) is 10.2 Å². The zero-order valence-corrected chi connectivity index (χ0v) is 14.2. The number of carbonyl (C=O) groups is 2. The van der Waals surface area contributed by atoms with Crippen molar-refractivity contribution in [3.8, 4) is 0 Å². The van der Waals surface area contributed by atoms with Crippen molar-refractivity contribution in [1.29, 1.82) is 5.41 Å². The molecule has 0 saturated heterocycles. The molecule has 7 heteroatoms. The van der Waals surface area contributed by atoms with Gasteiger partial charge in [0, 0.05) is 26.6 Å². The van der Waals surface area contributed by atoms with Crippen molar-refractivity contribution in [3.05, 3.63) is 35.4 Å². The molecule has 0 aliphatic heterocycles. The minimum absolute atomic E-state index is 0.0467. The molecule has 0 spiro atoms. The van der Waals surface area contributed by atoms with Gasteiger partial charge in [0.1, 0.15) is 11.6 Å². The molecular formula is C18H21F2N3O2. The highest BCUT2D eigenvalue weighted by Crippen LogP contribution is 2.73. The number of carbonyl (C=O) groups excluding carboxylic acids is 2. The monoisotopic (exact) mass is 349 g/mol. The third kappa shape index (κ3) is 2.81. The van der Waals surface area contributed by atoms with Crippen LogP contribution in [0.25, 0.3) is 0 Å². The second kappa shape index (κ2) is 5.89. The summed E-state index contributed by atoms with van der Waals surface area (Å²) in [6.45, 7) is 0. The maximum atomic E-state index is 13.4. The molecule has 3 saturated carbocycles. The Labute approximate surface area is 144 Å². The Hall–Kier alpha value is -2.31. The lowest BCUT2D eigenvalue weighted by Crippen LogP contribution is -2.72. The summed E-state index contributed by atoms with van der Waals surface area (Å²) in [5.41, 5.74) is -0.680. The van der Waals surface area contributed by atoms with Gasteiger partial charge in [-0.15, -0.1) is 0 Å². The maximum absolute atomic E-state index is 13.4. The molecule has 1 aromatic rings. The van der Waals surface area contributed by atoms with E-state index in [2.05, 4.69) is 5.32 Å². The Bertz CT molecular complexity index is 708. The summed E-state index contributed by atoms with van der Waals surface area (Å²) >= 11 is 0. The minimum Gasteiger partial charge on any atom is -0.348 e. The Balaban J connectivity index is 1.69. The van der Waals surface area contributed by atoms with Gasteiger partial charge in [-0.2, -0.15) is 0 Å². The molecule has 134 valence electrons. The zero-order valence-electron chi connectivity index (χ0n) is 14.2. The quantitative estimate of drug-likeness (QED) is 0.774. The van der Waals surface area contributed by atoms with E-state index in [1.165, 1.54) is 0 Å². The fraction of sp³-hybridized carbons (Fsp3) is 0.500. The summed E-state index contributed by atoms with van der Waals surface area (Å²) in [6, 6.07) is 2.43. The van der Waals surface area contributed by atoms with Crippen LogP contribution in [0.15, 0.2) is 18.2 Å². The van der Waals surface area contributed by atoms with E-state index in [9.17, 15) is 18.4 Å². The van der Waals surface area contributed by atoms with E-state index in [0.717, 1.165) is 24.4 Å². The van der Waals surface area contributed by atoms with E-state index in [4.69, 9.17) is 5.41 Å². The van der Waals surface area contributed by atoms with Crippen LogP contribution in [0.1, 0.15) is 37.3 Å². The van der Waals surface area contributed by atoms with Gasteiger partial charge in [0.25, 0.3) is 0 Å². The number of hydrogen-bond acceptors (Lipinski definition) is 3. The predicted octanol–water partition coefficient (Wildman–Crippen LogP) is 2.42. The number of rotatable bonds is 6. The summed E-state index contributed by atoms with van der Waals surface area (Å²) in [5.74, 6) is -1.61. The van der Waals surface area contributed by atoms with Crippen molar-refractivity contribution in [2.24, 2.45) is 10.8 Å². The highest BCUT2D eigenvalue weighted by molar-refractivity contribution is 5.95. The van der Waals surface area contributed by atoms with Gasteiger partial charge in [-0.1, -0.05) is 0 Å². The van der Waals surface area contributed by atoms with E-state index < -0.39 is 28.5 Å². The zero-order chi connectivity index (χ0) is 18.4. The van der Waals surface area contributed by atoms with Gasteiger partial charge in [-0.25, -0.2) is 8.78 Å². The predicted molar refractivity (Wildman–Crippen MR) is 88.1 cm³/mol. The molecule has 3 fully saturated rings. The average molecular weight is 349 g/mol. The fourth-order valence-electron chi connectivity index (χ4n) is 4.21.